The molecule has 2 aromatic carbocycles. The molecule has 2 aliphatic rings. The Morgan fingerprint density at radius 2 is 1.38 bits per heavy atom. The van der Waals surface area contributed by atoms with Gasteiger partial charge < -0.3 is 9.64 Å². The highest BCUT2D eigenvalue weighted by molar-refractivity contribution is 6.54. The van der Waals surface area contributed by atoms with Crippen LogP contribution in [0.1, 0.15) is 25.0 Å². The van der Waals surface area contributed by atoms with Crippen LogP contribution >= 0.6 is 23.2 Å². The molecule has 2 fully saturated rings. The predicted octanol–water partition coefficient (Wildman–Crippen LogP) is 4.72. The lowest BCUT2D eigenvalue weighted by Gasteiger charge is -2.32. The van der Waals surface area contributed by atoms with E-state index in [0.29, 0.717) is 6.61 Å². The average molecular weight is 433 g/mol. The van der Waals surface area contributed by atoms with E-state index >= 15 is 0 Å². The minimum absolute atomic E-state index is 0.339. The van der Waals surface area contributed by atoms with Gasteiger partial charge in [-0.2, -0.15) is 0 Å². The molecule has 1 saturated heterocycles. The number of alkyl halides is 2. The number of hydrogen-bond acceptors (Lipinski definition) is 3. The molecular weight excluding hydrogens is 403 g/mol. The van der Waals surface area contributed by atoms with Gasteiger partial charge in [0.15, 0.2) is 0 Å². The Morgan fingerprint density at radius 3 is 1.97 bits per heavy atom. The minimum atomic E-state index is -0.856. The summed E-state index contributed by atoms with van der Waals surface area (Å²) in [5, 5.41) is 0. The first-order chi connectivity index (χ1) is 13.8. The third kappa shape index (κ3) is 3.37. The Morgan fingerprint density at radius 1 is 0.828 bits per heavy atom. The van der Waals surface area contributed by atoms with Gasteiger partial charge in [-0.1, -0.05) is 79.5 Å². The predicted molar refractivity (Wildman–Crippen MR) is 121 cm³/mol. The number of benzene rings is 2. The Kier molecular flexibility index (Phi) is 5.63. The summed E-state index contributed by atoms with van der Waals surface area (Å²) in [6.45, 7) is 10.5. The third-order valence-electron chi connectivity index (χ3n) is 7.25. The second-order valence-corrected chi connectivity index (χ2v) is 10.0. The normalized spacial score (nSPS) is 29.6. The standard InChI is InChI=1S/C24H30Cl2N2O/c1-22(19-7-5-4-6-8-19)23(2,24(22,25)26)20-9-11-21(12-10-20)29-18-17-28-15-13-27(3)14-16-28/h4-12H,13-18H2,1-3H3. The number of rotatable bonds is 6. The van der Waals surface area contributed by atoms with Gasteiger partial charge in [-0.15, -0.1) is 0 Å². The molecule has 1 saturated carbocycles. The molecule has 2 unspecified atom stereocenters. The zero-order chi connectivity index (χ0) is 20.7. The van der Waals surface area contributed by atoms with E-state index in [2.05, 4.69) is 55.0 Å². The number of nitrogens with zero attached hydrogens (tertiary/aromatic N) is 2. The highest BCUT2D eigenvalue weighted by Gasteiger charge is 2.82. The third-order valence-corrected chi connectivity index (χ3v) is 8.76. The average Bonchev–Trinajstić information content (AvgIpc) is 3.11. The van der Waals surface area contributed by atoms with Crippen LogP contribution in [-0.4, -0.2) is 60.5 Å². The minimum Gasteiger partial charge on any atom is -0.492 e. The van der Waals surface area contributed by atoms with Gasteiger partial charge in [0, 0.05) is 43.6 Å². The molecule has 1 heterocycles. The number of ether oxygens (including phenoxy) is 1. The van der Waals surface area contributed by atoms with E-state index < -0.39 is 4.33 Å². The van der Waals surface area contributed by atoms with Gasteiger partial charge in [0.25, 0.3) is 0 Å². The zero-order valence-corrected chi connectivity index (χ0v) is 19.0. The molecule has 2 aromatic rings. The van der Waals surface area contributed by atoms with Crippen LogP contribution in [0.4, 0.5) is 0 Å². The van der Waals surface area contributed by atoms with Crippen LogP contribution in [-0.2, 0) is 10.8 Å². The van der Waals surface area contributed by atoms with Crippen LogP contribution in [0.5, 0.6) is 5.75 Å². The zero-order valence-electron chi connectivity index (χ0n) is 17.5. The van der Waals surface area contributed by atoms with Crippen molar-refractivity contribution in [1.29, 1.82) is 0 Å². The van der Waals surface area contributed by atoms with Gasteiger partial charge in [-0.05, 0) is 30.3 Å². The molecule has 0 aromatic heterocycles. The van der Waals surface area contributed by atoms with E-state index in [1.165, 1.54) is 5.56 Å². The molecule has 1 aliphatic heterocycles. The van der Waals surface area contributed by atoms with Crippen LogP contribution < -0.4 is 4.74 Å². The Labute approximate surface area is 184 Å². The van der Waals surface area contributed by atoms with E-state index in [4.69, 9.17) is 27.9 Å². The van der Waals surface area contributed by atoms with Crippen molar-refractivity contribution in [2.24, 2.45) is 0 Å². The molecule has 29 heavy (non-hydrogen) atoms. The summed E-state index contributed by atoms with van der Waals surface area (Å²) in [7, 11) is 2.18. The highest BCUT2D eigenvalue weighted by Crippen LogP contribution is 2.78. The lowest BCUT2D eigenvalue weighted by atomic mass is 9.84. The number of piperazine rings is 1. The first-order valence-electron chi connectivity index (χ1n) is 10.4. The Balaban J connectivity index is 1.41. The van der Waals surface area contributed by atoms with Crippen molar-refractivity contribution in [3.05, 3.63) is 65.7 Å². The Bertz CT molecular complexity index is 834. The molecule has 2 atom stereocenters. The summed E-state index contributed by atoms with van der Waals surface area (Å²) in [6, 6.07) is 18.6. The quantitative estimate of drug-likeness (QED) is 0.614. The molecule has 3 nitrogen and oxygen atoms in total. The number of hydrogen-bond donors (Lipinski definition) is 0. The maximum Gasteiger partial charge on any atom is 0.138 e. The van der Waals surface area contributed by atoms with Gasteiger partial charge in [-0.25, -0.2) is 0 Å². The largest absolute Gasteiger partial charge is 0.492 e. The molecule has 5 heteroatoms. The van der Waals surface area contributed by atoms with Crippen molar-refractivity contribution >= 4 is 23.2 Å². The fourth-order valence-corrected chi connectivity index (χ4v) is 5.86. The molecule has 1 aliphatic carbocycles. The van der Waals surface area contributed by atoms with E-state index in [1.807, 2.05) is 30.3 Å². The SMILES string of the molecule is CN1CCN(CCOc2ccc(C3(C)C(Cl)(Cl)C3(C)c3ccccc3)cc2)CC1. The van der Waals surface area contributed by atoms with Crippen molar-refractivity contribution < 1.29 is 4.74 Å². The molecule has 4 rings (SSSR count). The second-order valence-electron chi connectivity index (χ2n) is 8.71. The summed E-state index contributed by atoms with van der Waals surface area (Å²) in [4.78, 5) is 4.83. The van der Waals surface area contributed by atoms with Crippen LogP contribution in [0.25, 0.3) is 0 Å². The molecule has 156 valence electrons. The summed E-state index contributed by atoms with van der Waals surface area (Å²) >= 11 is 13.7. The van der Waals surface area contributed by atoms with Crippen molar-refractivity contribution in [1.82, 2.24) is 9.80 Å². The van der Waals surface area contributed by atoms with Gasteiger partial charge in [0.05, 0.1) is 0 Å². The van der Waals surface area contributed by atoms with E-state index in [1.54, 1.807) is 0 Å². The van der Waals surface area contributed by atoms with Crippen LogP contribution in [0.3, 0.4) is 0 Å². The van der Waals surface area contributed by atoms with Crippen LogP contribution in [0.2, 0.25) is 0 Å². The van der Waals surface area contributed by atoms with E-state index in [0.717, 1.165) is 44.0 Å². The van der Waals surface area contributed by atoms with Gasteiger partial charge in [0.2, 0.25) is 0 Å². The number of halogens is 2. The summed E-state index contributed by atoms with van der Waals surface area (Å²) < 4.78 is 5.13. The van der Waals surface area contributed by atoms with Crippen molar-refractivity contribution in [3.63, 3.8) is 0 Å². The molecule has 0 spiro atoms. The summed E-state index contributed by atoms with van der Waals surface area (Å²) in [5.41, 5.74) is 1.61. The topological polar surface area (TPSA) is 15.7 Å². The smallest absolute Gasteiger partial charge is 0.138 e. The van der Waals surface area contributed by atoms with E-state index in [-0.39, 0.29) is 10.8 Å². The lowest BCUT2D eigenvalue weighted by molar-refractivity contribution is 0.133. The molecule has 0 N–H and O–H groups in total. The van der Waals surface area contributed by atoms with Gasteiger partial charge in [-0.3, -0.25) is 4.90 Å². The molecule has 0 bridgehead atoms. The fraction of sp³-hybridized carbons (Fsp3) is 0.500. The number of likely N-dealkylation sites (N-methyl/N-ethyl adjacent to an activating group) is 1. The highest BCUT2D eigenvalue weighted by atomic mass is 35.5. The Hall–Kier alpha value is -1.26. The lowest BCUT2D eigenvalue weighted by Crippen LogP contribution is -2.45. The summed E-state index contributed by atoms with van der Waals surface area (Å²) in [6.07, 6.45) is 0. The molecular formula is C24H30Cl2N2O. The van der Waals surface area contributed by atoms with Crippen molar-refractivity contribution in [2.45, 2.75) is 29.0 Å². The first-order valence-corrected chi connectivity index (χ1v) is 11.1. The van der Waals surface area contributed by atoms with Gasteiger partial charge in [0.1, 0.15) is 16.7 Å². The fourth-order valence-electron chi connectivity index (χ4n) is 4.76. The van der Waals surface area contributed by atoms with Crippen LogP contribution in [0.15, 0.2) is 54.6 Å². The monoisotopic (exact) mass is 432 g/mol. The first kappa shape index (κ1) is 21.0. The summed E-state index contributed by atoms with van der Waals surface area (Å²) in [5.74, 6) is 0.892. The second kappa shape index (κ2) is 7.77. The maximum atomic E-state index is 6.87. The molecule has 0 radical (unpaired) electrons. The van der Waals surface area contributed by atoms with E-state index in [9.17, 15) is 0 Å². The van der Waals surface area contributed by atoms with Gasteiger partial charge >= 0.3 is 0 Å². The molecule has 0 amide bonds. The van der Waals surface area contributed by atoms with Crippen molar-refractivity contribution in [2.75, 3.05) is 46.4 Å². The maximum absolute atomic E-state index is 6.87. The van der Waals surface area contributed by atoms with Crippen LogP contribution in [0, 0.1) is 0 Å². The van der Waals surface area contributed by atoms with Crippen molar-refractivity contribution in [3.8, 4) is 5.75 Å².